The first kappa shape index (κ1) is 21.3. The zero-order chi connectivity index (χ0) is 22.5. The van der Waals surface area contributed by atoms with E-state index in [0.717, 1.165) is 5.56 Å². The van der Waals surface area contributed by atoms with E-state index in [1.54, 1.807) is 12.1 Å². The van der Waals surface area contributed by atoms with Crippen molar-refractivity contribution in [1.29, 1.82) is 0 Å². The first-order valence-corrected chi connectivity index (χ1v) is 10.6. The molecule has 2 aromatic carbocycles. The molecule has 1 N–H and O–H groups in total. The summed E-state index contributed by atoms with van der Waals surface area (Å²) in [6.07, 6.45) is 3.65. The molecule has 1 fully saturated rings. The van der Waals surface area contributed by atoms with Crippen LogP contribution in [0.4, 0.5) is 0 Å². The van der Waals surface area contributed by atoms with E-state index in [1.807, 2.05) is 61.5 Å². The Morgan fingerprint density at radius 1 is 1.03 bits per heavy atom. The van der Waals surface area contributed by atoms with Gasteiger partial charge in [-0.15, -0.1) is 0 Å². The van der Waals surface area contributed by atoms with Gasteiger partial charge in [0.15, 0.2) is 0 Å². The van der Waals surface area contributed by atoms with E-state index in [1.165, 1.54) is 17.3 Å². The quantitative estimate of drug-likeness (QED) is 0.348. The number of hydrogen-bond acceptors (Lipinski definition) is 5. The van der Waals surface area contributed by atoms with Gasteiger partial charge in [0.1, 0.15) is 11.5 Å². The number of pyridine rings is 1. The number of rotatable bonds is 7. The van der Waals surface area contributed by atoms with Crippen molar-refractivity contribution in [1.82, 2.24) is 9.88 Å². The molecular weight excluding hydrogens is 404 g/mol. The third kappa shape index (κ3) is 4.25. The molecule has 0 saturated carbocycles. The molecule has 1 saturated heterocycles. The molecule has 2 heterocycles. The Bertz CT molecular complexity index is 1140. The van der Waals surface area contributed by atoms with Crippen LogP contribution in [-0.2, 0) is 16.0 Å². The van der Waals surface area contributed by atoms with Crippen molar-refractivity contribution in [2.24, 2.45) is 0 Å². The summed E-state index contributed by atoms with van der Waals surface area (Å²) in [5.41, 5.74) is 2.28. The molecule has 3 aromatic rings. The lowest BCUT2D eigenvalue weighted by atomic mass is 9.95. The predicted molar refractivity (Wildman–Crippen MR) is 121 cm³/mol. The van der Waals surface area contributed by atoms with Gasteiger partial charge in [-0.2, -0.15) is 0 Å². The maximum atomic E-state index is 13.1. The summed E-state index contributed by atoms with van der Waals surface area (Å²) in [6.45, 7) is 2.72. The standard InChI is InChI=1S/C26H24N2O4/c1-2-32-21-10-6-9-20(17-21)23-22(24(29)19-11-14-27-15-12-19)25(30)26(31)28(23)16-13-18-7-4-3-5-8-18/h3-12,14-15,17,23,29H,2,13,16H2,1H3/b24-22+. The Morgan fingerprint density at radius 2 is 1.78 bits per heavy atom. The van der Waals surface area contributed by atoms with Crippen LogP contribution in [0.1, 0.15) is 29.7 Å². The van der Waals surface area contributed by atoms with Gasteiger partial charge in [0.05, 0.1) is 18.2 Å². The number of carbonyl (C=O) groups is 2. The van der Waals surface area contributed by atoms with Crippen LogP contribution in [0.3, 0.4) is 0 Å². The molecule has 0 bridgehead atoms. The Balaban J connectivity index is 1.79. The van der Waals surface area contributed by atoms with Crippen LogP contribution < -0.4 is 4.74 Å². The Kier molecular flexibility index (Phi) is 6.31. The fraction of sp³-hybridized carbons (Fsp3) is 0.192. The van der Waals surface area contributed by atoms with Crippen LogP contribution in [0.15, 0.2) is 84.7 Å². The predicted octanol–water partition coefficient (Wildman–Crippen LogP) is 4.14. The fourth-order valence-corrected chi connectivity index (χ4v) is 3.96. The first-order valence-electron chi connectivity index (χ1n) is 10.6. The number of amides is 1. The number of ether oxygens (including phenoxy) is 1. The summed E-state index contributed by atoms with van der Waals surface area (Å²) in [7, 11) is 0. The molecule has 6 nitrogen and oxygen atoms in total. The summed E-state index contributed by atoms with van der Waals surface area (Å²) < 4.78 is 5.63. The zero-order valence-electron chi connectivity index (χ0n) is 17.8. The minimum Gasteiger partial charge on any atom is -0.507 e. The van der Waals surface area contributed by atoms with Gasteiger partial charge in [0.25, 0.3) is 11.7 Å². The normalized spacial score (nSPS) is 17.5. The highest BCUT2D eigenvalue weighted by atomic mass is 16.5. The SMILES string of the molecule is CCOc1cccc(C2/C(=C(\O)c3ccncc3)C(=O)C(=O)N2CCc2ccccc2)c1. The van der Waals surface area contributed by atoms with Crippen LogP contribution in [0.5, 0.6) is 5.75 Å². The first-order chi connectivity index (χ1) is 15.6. The molecule has 1 aliphatic rings. The largest absolute Gasteiger partial charge is 0.507 e. The number of likely N-dealkylation sites (tertiary alicyclic amines) is 1. The van der Waals surface area contributed by atoms with Gasteiger partial charge in [-0.25, -0.2) is 0 Å². The topological polar surface area (TPSA) is 79.7 Å². The Hall–Kier alpha value is -3.93. The molecule has 1 aromatic heterocycles. The summed E-state index contributed by atoms with van der Waals surface area (Å²) in [6, 6.07) is 19.6. The van der Waals surface area contributed by atoms with E-state index in [9.17, 15) is 14.7 Å². The van der Waals surface area contributed by atoms with Gasteiger partial charge in [-0.1, -0.05) is 42.5 Å². The monoisotopic (exact) mass is 428 g/mol. The van der Waals surface area contributed by atoms with Crippen LogP contribution in [0, 0.1) is 0 Å². The lowest BCUT2D eigenvalue weighted by Gasteiger charge is -2.25. The molecule has 0 spiro atoms. The number of aromatic nitrogens is 1. The molecule has 32 heavy (non-hydrogen) atoms. The number of aliphatic hydroxyl groups is 1. The second-order valence-corrected chi connectivity index (χ2v) is 7.47. The summed E-state index contributed by atoms with van der Waals surface area (Å²) >= 11 is 0. The van der Waals surface area contributed by atoms with Gasteiger partial charge in [-0.3, -0.25) is 14.6 Å². The molecule has 1 aliphatic heterocycles. The minimum atomic E-state index is -0.715. The van der Waals surface area contributed by atoms with Crippen LogP contribution in [0.25, 0.3) is 5.76 Å². The van der Waals surface area contributed by atoms with Crippen molar-refractivity contribution in [2.45, 2.75) is 19.4 Å². The van der Waals surface area contributed by atoms with Crippen molar-refractivity contribution in [3.8, 4) is 5.75 Å². The van der Waals surface area contributed by atoms with Gasteiger partial charge in [0.2, 0.25) is 0 Å². The average molecular weight is 428 g/mol. The van der Waals surface area contributed by atoms with Crippen molar-refractivity contribution < 1.29 is 19.4 Å². The fourth-order valence-electron chi connectivity index (χ4n) is 3.96. The third-order valence-corrected chi connectivity index (χ3v) is 5.46. The van der Waals surface area contributed by atoms with E-state index < -0.39 is 17.7 Å². The third-order valence-electron chi connectivity index (χ3n) is 5.46. The van der Waals surface area contributed by atoms with E-state index in [4.69, 9.17) is 4.74 Å². The average Bonchev–Trinajstić information content (AvgIpc) is 3.09. The number of aliphatic hydroxyl groups excluding tert-OH is 1. The highest BCUT2D eigenvalue weighted by Gasteiger charge is 2.45. The number of nitrogens with zero attached hydrogens (tertiary/aromatic N) is 2. The lowest BCUT2D eigenvalue weighted by molar-refractivity contribution is -0.139. The van der Waals surface area contributed by atoms with Gasteiger partial charge >= 0.3 is 0 Å². The van der Waals surface area contributed by atoms with E-state index in [2.05, 4.69) is 4.98 Å². The molecule has 0 aliphatic carbocycles. The molecule has 1 unspecified atom stereocenters. The maximum absolute atomic E-state index is 13.1. The second-order valence-electron chi connectivity index (χ2n) is 7.47. The molecule has 1 amide bonds. The number of hydrogen-bond donors (Lipinski definition) is 1. The summed E-state index contributed by atoms with van der Waals surface area (Å²) in [5, 5.41) is 11.0. The van der Waals surface area contributed by atoms with Crippen molar-refractivity contribution in [2.75, 3.05) is 13.2 Å². The number of carbonyl (C=O) groups excluding carboxylic acids is 2. The minimum absolute atomic E-state index is 0.0721. The second kappa shape index (κ2) is 9.47. The van der Waals surface area contributed by atoms with E-state index in [-0.39, 0.29) is 11.3 Å². The Morgan fingerprint density at radius 3 is 2.50 bits per heavy atom. The lowest BCUT2D eigenvalue weighted by Crippen LogP contribution is -2.31. The molecule has 4 rings (SSSR count). The summed E-state index contributed by atoms with van der Waals surface area (Å²) in [5.74, 6) is -0.884. The van der Waals surface area contributed by atoms with E-state index >= 15 is 0 Å². The highest BCUT2D eigenvalue weighted by Crippen LogP contribution is 2.40. The van der Waals surface area contributed by atoms with Crippen molar-refractivity contribution in [3.05, 3.63) is 101 Å². The Labute approximate surface area is 186 Å². The number of benzene rings is 2. The molecule has 6 heteroatoms. The van der Waals surface area contributed by atoms with Crippen LogP contribution in [0.2, 0.25) is 0 Å². The smallest absolute Gasteiger partial charge is 0.295 e. The molecular formula is C26H24N2O4. The van der Waals surface area contributed by atoms with Crippen molar-refractivity contribution >= 4 is 17.4 Å². The number of ketones is 1. The van der Waals surface area contributed by atoms with Crippen molar-refractivity contribution in [3.63, 3.8) is 0 Å². The molecule has 162 valence electrons. The maximum Gasteiger partial charge on any atom is 0.295 e. The van der Waals surface area contributed by atoms with Gasteiger partial charge in [-0.05, 0) is 48.7 Å². The van der Waals surface area contributed by atoms with Gasteiger partial charge < -0.3 is 14.7 Å². The molecule has 0 radical (unpaired) electrons. The van der Waals surface area contributed by atoms with Gasteiger partial charge in [0, 0.05) is 24.5 Å². The summed E-state index contributed by atoms with van der Waals surface area (Å²) in [4.78, 5) is 31.6. The number of Topliss-reactive ketones (excluding diaryl/α,β-unsaturated/α-hetero) is 1. The van der Waals surface area contributed by atoms with E-state index in [0.29, 0.717) is 36.4 Å². The zero-order valence-corrected chi connectivity index (χ0v) is 17.8. The highest BCUT2D eigenvalue weighted by molar-refractivity contribution is 6.46. The van der Waals surface area contributed by atoms with Crippen LogP contribution in [-0.4, -0.2) is 39.8 Å². The van der Waals surface area contributed by atoms with Crippen LogP contribution >= 0.6 is 0 Å². The molecule has 1 atom stereocenters.